The number of aryl methyl sites for hydroxylation is 2. The predicted octanol–water partition coefficient (Wildman–Crippen LogP) is 4.84. The zero-order valence-electron chi connectivity index (χ0n) is 16.3. The summed E-state index contributed by atoms with van der Waals surface area (Å²) in [6.45, 7) is 4.75. The first-order valence-electron chi connectivity index (χ1n) is 9.35. The van der Waals surface area contributed by atoms with Crippen molar-refractivity contribution < 1.29 is 9.84 Å². The van der Waals surface area contributed by atoms with E-state index >= 15 is 0 Å². The molecular weight excluding hydrogens is 370 g/mol. The van der Waals surface area contributed by atoms with Gasteiger partial charge in [0.1, 0.15) is 18.5 Å². The average molecular weight is 398 g/mol. The molecule has 0 saturated heterocycles. The Morgan fingerprint density at radius 3 is 1.79 bits per heavy atom. The fourth-order valence-electron chi connectivity index (χ4n) is 3.24. The summed E-state index contributed by atoms with van der Waals surface area (Å²) < 4.78 is 5.88. The van der Waals surface area contributed by atoms with Gasteiger partial charge in [0.15, 0.2) is 0 Å². The lowest BCUT2D eigenvalue weighted by Crippen LogP contribution is -2.34. The van der Waals surface area contributed by atoms with E-state index in [4.69, 9.17) is 4.74 Å². The Morgan fingerprint density at radius 1 is 0.786 bits per heavy atom. The minimum atomic E-state index is -0.598. The fraction of sp³-hybridized carbons (Fsp3) is 0.250. The number of ether oxygens (including phenoxy) is 1. The minimum absolute atomic E-state index is 0. The van der Waals surface area contributed by atoms with Crippen molar-refractivity contribution in [3.63, 3.8) is 0 Å². The summed E-state index contributed by atoms with van der Waals surface area (Å²) in [5, 5.41) is 13.9. The Bertz CT molecular complexity index is 780. The van der Waals surface area contributed by atoms with Crippen LogP contribution in [0.2, 0.25) is 0 Å². The molecule has 0 saturated carbocycles. The maximum Gasteiger partial charge on any atom is 0.125 e. The molecule has 1 unspecified atom stereocenters. The second-order valence-corrected chi connectivity index (χ2v) is 6.85. The Kier molecular flexibility index (Phi) is 8.52. The molecule has 3 rings (SSSR count). The zero-order chi connectivity index (χ0) is 19.1. The van der Waals surface area contributed by atoms with E-state index < -0.39 is 6.10 Å². The standard InChI is InChI=1S/C24H27NO2.ClH/c1-18-10-9-11-19(2)24(18)27-17-22(26)16-25-23(20-12-5-3-6-13-20)21-14-7-4-8-15-21;/h3-15,22-23,25-26H,16-17H2,1-2H3;1H. The molecule has 0 radical (unpaired) electrons. The number of halogens is 1. The van der Waals surface area contributed by atoms with Crippen LogP contribution >= 0.6 is 12.4 Å². The number of benzene rings is 3. The first-order chi connectivity index (χ1) is 13.1. The van der Waals surface area contributed by atoms with Crippen molar-refractivity contribution in [3.8, 4) is 5.75 Å². The second kappa shape index (κ2) is 10.9. The summed E-state index contributed by atoms with van der Waals surface area (Å²) in [5.74, 6) is 0.860. The van der Waals surface area contributed by atoms with Crippen molar-refractivity contribution in [2.24, 2.45) is 0 Å². The Labute approximate surface area is 173 Å². The highest BCUT2D eigenvalue weighted by atomic mass is 35.5. The Morgan fingerprint density at radius 2 is 1.29 bits per heavy atom. The van der Waals surface area contributed by atoms with Crippen molar-refractivity contribution in [3.05, 3.63) is 101 Å². The van der Waals surface area contributed by atoms with Gasteiger partial charge in [-0.15, -0.1) is 12.4 Å². The highest BCUT2D eigenvalue weighted by Crippen LogP contribution is 2.23. The van der Waals surface area contributed by atoms with Gasteiger partial charge in [-0.2, -0.15) is 0 Å². The molecular formula is C24H28ClNO2. The molecule has 0 heterocycles. The van der Waals surface area contributed by atoms with E-state index in [0.717, 1.165) is 16.9 Å². The topological polar surface area (TPSA) is 41.5 Å². The van der Waals surface area contributed by atoms with Gasteiger partial charge in [-0.1, -0.05) is 78.9 Å². The monoisotopic (exact) mass is 397 g/mol. The molecule has 0 spiro atoms. The third kappa shape index (κ3) is 5.83. The van der Waals surface area contributed by atoms with Crippen molar-refractivity contribution >= 4 is 12.4 Å². The van der Waals surface area contributed by atoms with Gasteiger partial charge in [0.2, 0.25) is 0 Å². The molecule has 0 fully saturated rings. The van der Waals surface area contributed by atoms with Crippen LogP contribution in [0.1, 0.15) is 28.3 Å². The summed E-state index contributed by atoms with van der Waals surface area (Å²) >= 11 is 0. The maximum absolute atomic E-state index is 10.4. The van der Waals surface area contributed by atoms with Crippen molar-refractivity contribution in [1.82, 2.24) is 5.32 Å². The number of rotatable bonds is 8. The van der Waals surface area contributed by atoms with E-state index in [1.165, 1.54) is 11.1 Å². The summed E-state index contributed by atoms with van der Waals surface area (Å²) in [7, 11) is 0. The van der Waals surface area contributed by atoms with Crippen molar-refractivity contribution in [1.29, 1.82) is 0 Å². The van der Waals surface area contributed by atoms with Crippen LogP contribution in [0, 0.1) is 13.8 Å². The Hall–Kier alpha value is -2.33. The molecule has 0 amide bonds. The highest BCUT2D eigenvalue weighted by molar-refractivity contribution is 5.85. The number of aliphatic hydroxyl groups excluding tert-OH is 1. The number of aliphatic hydroxyl groups is 1. The molecule has 28 heavy (non-hydrogen) atoms. The first-order valence-corrected chi connectivity index (χ1v) is 9.35. The van der Waals surface area contributed by atoms with Crippen LogP contribution in [0.3, 0.4) is 0 Å². The van der Waals surface area contributed by atoms with Gasteiger partial charge in [-0.25, -0.2) is 0 Å². The minimum Gasteiger partial charge on any atom is -0.490 e. The molecule has 4 heteroatoms. The molecule has 0 bridgehead atoms. The summed E-state index contributed by atoms with van der Waals surface area (Å²) in [5.41, 5.74) is 4.52. The van der Waals surface area contributed by atoms with Crippen LogP contribution in [-0.2, 0) is 0 Å². The molecule has 0 aliphatic carbocycles. The van der Waals surface area contributed by atoms with E-state index in [0.29, 0.717) is 6.54 Å². The van der Waals surface area contributed by atoms with Crippen molar-refractivity contribution in [2.45, 2.75) is 26.0 Å². The Balaban J connectivity index is 0.00000280. The lowest BCUT2D eigenvalue weighted by molar-refractivity contribution is 0.104. The maximum atomic E-state index is 10.4. The van der Waals surface area contributed by atoms with E-state index in [9.17, 15) is 5.11 Å². The van der Waals surface area contributed by atoms with Crippen LogP contribution in [0.15, 0.2) is 78.9 Å². The second-order valence-electron chi connectivity index (χ2n) is 6.85. The molecule has 2 N–H and O–H groups in total. The summed E-state index contributed by atoms with van der Waals surface area (Å²) in [4.78, 5) is 0. The zero-order valence-corrected chi connectivity index (χ0v) is 17.2. The van der Waals surface area contributed by atoms with Gasteiger partial charge in [0, 0.05) is 6.54 Å². The van der Waals surface area contributed by atoms with Gasteiger partial charge >= 0.3 is 0 Å². The molecule has 3 nitrogen and oxygen atoms in total. The summed E-state index contributed by atoms with van der Waals surface area (Å²) in [6.07, 6.45) is -0.598. The highest BCUT2D eigenvalue weighted by Gasteiger charge is 2.16. The van der Waals surface area contributed by atoms with Crippen LogP contribution in [0.4, 0.5) is 0 Å². The van der Waals surface area contributed by atoms with Crippen LogP contribution in [-0.4, -0.2) is 24.4 Å². The first kappa shape index (κ1) is 22.0. The smallest absolute Gasteiger partial charge is 0.125 e. The van der Waals surface area contributed by atoms with Gasteiger partial charge in [0.25, 0.3) is 0 Å². The van der Waals surface area contributed by atoms with E-state index in [1.54, 1.807) is 0 Å². The number of hydrogen-bond donors (Lipinski definition) is 2. The van der Waals surface area contributed by atoms with Gasteiger partial charge in [-0.3, -0.25) is 0 Å². The largest absolute Gasteiger partial charge is 0.490 e. The quantitative estimate of drug-likeness (QED) is 0.571. The van der Waals surface area contributed by atoms with Crippen LogP contribution in [0.25, 0.3) is 0 Å². The predicted molar refractivity (Wildman–Crippen MR) is 117 cm³/mol. The van der Waals surface area contributed by atoms with Crippen molar-refractivity contribution in [2.75, 3.05) is 13.2 Å². The van der Waals surface area contributed by atoms with Gasteiger partial charge in [-0.05, 0) is 36.1 Å². The van der Waals surface area contributed by atoms with Crippen LogP contribution < -0.4 is 10.1 Å². The molecule has 148 valence electrons. The van der Waals surface area contributed by atoms with Gasteiger partial charge < -0.3 is 15.2 Å². The molecule has 3 aromatic rings. The third-order valence-corrected chi connectivity index (χ3v) is 4.65. The van der Waals surface area contributed by atoms with E-state index in [-0.39, 0.29) is 25.1 Å². The SMILES string of the molecule is Cc1cccc(C)c1OCC(O)CNC(c1ccccc1)c1ccccc1.Cl. The lowest BCUT2D eigenvalue weighted by atomic mass is 9.98. The normalized spacial score (nSPS) is 11.7. The number of nitrogens with one attached hydrogen (secondary N) is 1. The number of hydrogen-bond acceptors (Lipinski definition) is 3. The number of para-hydroxylation sites is 1. The fourth-order valence-corrected chi connectivity index (χ4v) is 3.24. The van der Waals surface area contributed by atoms with E-state index in [2.05, 4.69) is 29.6 Å². The van der Waals surface area contributed by atoms with Gasteiger partial charge in [0.05, 0.1) is 6.04 Å². The molecule has 1 atom stereocenters. The average Bonchev–Trinajstić information content (AvgIpc) is 2.69. The van der Waals surface area contributed by atoms with Crippen LogP contribution in [0.5, 0.6) is 5.75 Å². The lowest BCUT2D eigenvalue weighted by Gasteiger charge is -2.22. The molecule has 0 aromatic heterocycles. The van der Waals surface area contributed by atoms with E-state index in [1.807, 2.05) is 68.4 Å². The molecule has 0 aliphatic heterocycles. The molecule has 3 aromatic carbocycles. The third-order valence-electron chi connectivity index (χ3n) is 4.65. The molecule has 0 aliphatic rings. The summed E-state index contributed by atoms with van der Waals surface area (Å²) in [6, 6.07) is 26.7.